The fraction of sp³-hybridized carbons (Fsp3) is 0.375. The first-order valence-corrected chi connectivity index (χ1v) is 10.9. The minimum Gasteiger partial charge on any atom is -0.352 e. The van der Waals surface area contributed by atoms with Gasteiger partial charge in [-0.15, -0.1) is 0 Å². The number of hydrogen-bond donors (Lipinski definition) is 1. The summed E-state index contributed by atoms with van der Waals surface area (Å²) in [7, 11) is 0. The third kappa shape index (κ3) is 5.60. The van der Waals surface area contributed by atoms with Crippen LogP contribution in [-0.2, 0) is 12.7 Å². The molecular weight excluding hydrogens is 431 g/mol. The van der Waals surface area contributed by atoms with Crippen LogP contribution in [0.15, 0.2) is 54.9 Å². The Labute approximate surface area is 190 Å². The molecule has 1 unspecified atom stereocenters. The number of piperidine rings is 1. The summed E-state index contributed by atoms with van der Waals surface area (Å²) >= 11 is 0. The molecule has 0 saturated carbocycles. The van der Waals surface area contributed by atoms with Gasteiger partial charge in [0.05, 0.1) is 23.0 Å². The molecule has 1 aliphatic rings. The lowest BCUT2D eigenvalue weighted by Crippen LogP contribution is -2.40. The molecule has 1 aliphatic heterocycles. The summed E-state index contributed by atoms with van der Waals surface area (Å²) < 4.78 is 39.7. The quantitative estimate of drug-likeness (QED) is 0.602. The molecule has 0 aliphatic carbocycles. The summed E-state index contributed by atoms with van der Waals surface area (Å²) in [6, 6.07) is 12.5. The number of carbonyl (C=O) groups excluding carboxylic acids is 1. The SMILES string of the molecule is Cc1c(C(=O)NCC2CCCN(Cc3ccccc3)C2)cnn1-c1ccc(C(F)(F)F)cn1. The summed E-state index contributed by atoms with van der Waals surface area (Å²) in [6.45, 7) is 5.13. The monoisotopic (exact) mass is 457 g/mol. The van der Waals surface area contributed by atoms with Crippen LogP contribution in [0.5, 0.6) is 0 Å². The van der Waals surface area contributed by atoms with Crippen LogP contribution in [0, 0.1) is 12.8 Å². The number of nitrogens with one attached hydrogen (secondary N) is 1. The zero-order chi connectivity index (χ0) is 23.4. The zero-order valence-corrected chi connectivity index (χ0v) is 18.3. The fourth-order valence-electron chi connectivity index (χ4n) is 4.18. The van der Waals surface area contributed by atoms with Crippen molar-refractivity contribution in [2.45, 2.75) is 32.5 Å². The first-order valence-electron chi connectivity index (χ1n) is 10.9. The number of hydrogen-bond acceptors (Lipinski definition) is 4. The molecule has 1 N–H and O–H groups in total. The molecule has 174 valence electrons. The molecule has 0 bridgehead atoms. The lowest BCUT2D eigenvalue weighted by atomic mass is 9.97. The van der Waals surface area contributed by atoms with Gasteiger partial charge in [0.2, 0.25) is 0 Å². The zero-order valence-electron chi connectivity index (χ0n) is 18.3. The van der Waals surface area contributed by atoms with Crippen LogP contribution in [0.2, 0.25) is 0 Å². The van der Waals surface area contributed by atoms with Crippen LogP contribution < -0.4 is 5.32 Å². The molecule has 1 aromatic carbocycles. The Morgan fingerprint density at radius 2 is 1.94 bits per heavy atom. The predicted molar refractivity (Wildman–Crippen MR) is 118 cm³/mol. The highest BCUT2D eigenvalue weighted by Gasteiger charge is 2.31. The molecule has 9 heteroatoms. The van der Waals surface area contributed by atoms with E-state index < -0.39 is 11.7 Å². The summed E-state index contributed by atoms with van der Waals surface area (Å²) in [5.41, 5.74) is 1.35. The third-order valence-corrected chi connectivity index (χ3v) is 5.95. The number of benzene rings is 1. The van der Waals surface area contributed by atoms with Crippen LogP contribution in [0.4, 0.5) is 13.2 Å². The normalized spacial score (nSPS) is 17.2. The van der Waals surface area contributed by atoms with Crippen LogP contribution in [0.1, 0.15) is 40.0 Å². The van der Waals surface area contributed by atoms with Crippen LogP contribution in [0.25, 0.3) is 5.82 Å². The van der Waals surface area contributed by atoms with Gasteiger partial charge in [-0.25, -0.2) is 9.67 Å². The van der Waals surface area contributed by atoms with Crippen molar-refractivity contribution in [1.82, 2.24) is 25.0 Å². The van der Waals surface area contributed by atoms with E-state index in [9.17, 15) is 18.0 Å². The summed E-state index contributed by atoms with van der Waals surface area (Å²) in [6.07, 6.45) is -0.123. The molecular formula is C24H26F3N5O. The second kappa shape index (κ2) is 9.74. The molecule has 1 fully saturated rings. The number of likely N-dealkylation sites (tertiary alicyclic amines) is 1. The highest BCUT2D eigenvalue weighted by molar-refractivity contribution is 5.95. The highest BCUT2D eigenvalue weighted by Crippen LogP contribution is 2.29. The number of carbonyl (C=O) groups is 1. The molecule has 4 rings (SSSR count). The highest BCUT2D eigenvalue weighted by atomic mass is 19.4. The average Bonchev–Trinajstić information content (AvgIpc) is 3.19. The van der Waals surface area contributed by atoms with E-state index >= 15 is 0 Å². The summed E-state index contributed by atoms with van der Waals surface area (Å²) in [4.78, 5) is 19.0. The van der Waals surface area contributed by atoms with Crippen molar-refractivity contribution in [3.63, 3.8) is 0 Å². The largest absolute Gasteiger partial charge is 0.417 e. The maximum absolute atomic E-state index is 12.8. The second-order valence-electron chi connectivity index (χ2n) is 8.40. The van der Waals surface area contributed by atoms with Gasteiger partial charge >= 0.3 is 6.18 Å². The van der Waals surface area contributed by atoms with Gasteiger partial charge in [-0.1, -0.05) is 30.3 Å². The van der Waals surface area contributed by atoms with E-state index in [0.29, 0.717) is 23.7 Å². The number of amides is 1. The number of halogens is 3. The van der Waals surface area contributed by atoms with E-state index in [2.05, 4.69) is 32.4 Å². The molecule has 0 radical (unpaired) electrons. The first kappa shape index (κ1) is 23.0. The fourth-order valence-corrected chi connectivity index (χ4v) is 4.18. The Morgan fingerprint density at radius 1 is 1.15 bits per heavy atom. The maximum atomic E-state index is 12.8. The van der Waals surface area contributed by atoms with Crippen molar-refractivity contribution in [2.24, 2.45) is 5.92 Å². The van der Waals surface area contributed by atoms with Crippen molar-refractivity contribution >= 4 is 5.91 Å². The number of aromatic nitrogens is 3. The van der Waals surface area contributed by atoms with Gasteiger partial charge in [0, 0.05) is 25.8 Å². The predicted octanol–water partition coefficient (Wildman–Crippen LogP) is 4.24. The number of pyridine rings is 1. The molecule has 1 amide bonds. The topological polar surface area (TPSA) is 63.1 Å². The van der Waals surface area contributed by atoms with Gasteiger partial charge in [0.1, 0.15) is 0 Å². The lowest BCUT2D eigenvalue weighted by Gasteiger charge is -2.32. The van der Waals surface area contributed by atoms with Crippen molar-refractivity contribution < 1.29 is 18.0 Å². The van der Waals surface area contributed by atoms with Crippen LogP contribution in [0.3, 0.4) is 0 Å². The van der Waals surface area contributed by atoms with E-state index in [-0.39, 0.29) is 11.7 Å². The average molecular weight is 458 g/mol. The summed E-state index contributed by atoms with van der Waals surface area (Å²) in [5.74, 6) is 0.340. The van der Waals surface area contributed by atoms with Gasteiger partial charge in [-0.05, 0) is 49.9 Å². The summed E-state index contributed by atoms with van der Waals surface area (Å²) in [5, 5.41) is 7.16. The molecule has 3 aromatic rings. The second-order valence-corrected chi connectivity index (χ2v) is 8.40. The van der Waals surface area contributed by atoms with Gasteiger partial charge < -0.3 is 5.32 Å². The van der Waals surface area contributed by atoms with Gasteiger partial charge in [-0.2, -0.15) is 18.3 Å². The van der Waals surface area contributed by atoms with Crippen molar-refractivity contribution in [3.05, 3.63) is 77.2 Å². The van der Waals surface area contributed by atoms with Crippen molar-refractivity contribution in [2.75, 3.05) is 19.6 Å². The van der Waals surface area contributed by atoms with E-state index in [4.69, 9.17) is 0 Å². The molecule has 1 atom stereocenters. The van der Waals surface area contributed by atoms with Crippen LogP contribution >= 0.6 is 0 Å². The van der Waals surface area contributed by atoms with E-state index in [1.807, 2.05) is 18.2 Å². The van der Waals surface area contributed by atoms with Crippen molar-refractivity contribution in [1.29, 1.82) is 0 Å². The third-order valence-electron chi connectivity index (χ3n) is 5.95. The van der Waals surface area contributed by atoms with Gasteiger partial charge in [-0.3, -0.25) is 9.69 Å². The van der Waals surface area contributed by atoms with Crippen molar-refractivity contribution in [3.8, 4) is 5.82 Å². The number of rotatable bonds is 6. The van der Waals surface area contributed by atoms with Crippen LogP contribution in [-0.4, -0.2) is 45.2 Å². The molecule has 0 spiro atoms. The molecule has 33 heavy (non-hydrogen) atoms. The van der Waals surface area contributed by atoms with Gasteiger partial charge in [0.15, 0.2) is 5.82 Å². The van der Waals surface area contributed by atoms with E-state index in [1.165, 1.54) is 22.5 Å². The Bertz CT molecular complexity index is 1080. The van der Waals surface area contributed by atoms with E-state index in [0.717, 1.165) is 44.7 Å². The molecule has 1 saturated heterocycles. The number of alkyl halides is 3. The standard InChI is InChI=1S/C24H26F3N5O/c1-17-21(14-30-32(17)22-10-9-20(13-28-22)24(25,26)27)23(33)29-12-19-8-5-11-31(16-19)15-18-6-3-2-4-7-18/h2-4,6-7,9-10,13-14,19H,5,8,11-12,15-16H2,1H3,(H,29,33). The molecule has 2 aromatic heterocycles. The Hall–Kier alpha value is -3.20. The lowest BCUT2D eigenvalue weighted by molar-refractivity contribution is -0.137. The Morgan fingerprint density at radius 3 is 2.64 bits per heavy atom. The Balaban J connectivity index is 1.35. The van der Waals surface area contributed by atoms with E-state index in [1.54, 1.807) is 6.92 Å². The minimum absolute atomic E-state index is 0.225. The molecule has 6 nitrogen and oxygen atoms in total. The minimum atomic E-state index is -4.45. The number of nitrogens with zero attached hydrogens (tertiary/aromatic N) is 4. The maximum Gasteiger partial charge on any atom is 0.417 e. The first-order chi connectivity index (χ1) is 15.8. The molecule has 3 heterocycles. The Kier molecular flexibility index (Phi) is 6.78. The van der Waals surface area contributed by atoms with Gasteiger partial charge in [0.25, 0.3) is 5.91 Å². The smallest absolute Gasteiger partial charge is 0.352 e.